The third-order valence-corrected chi connectivity index (χ3v) is 5.70. The molecule has 0 aromatic carbocycles. The van der Waals surface area contributed by atoms with E-state index in [2.05, 4.69) is 20.8 Å². The Kier molecular flexibility index (Phi) is 15.0. The smallest absolute Gasteiger partial charge is 0.291 e. The molecule has 0 aromatic heterocycles. The lowest BCUT2D eigenvalue weighted by molar-refractivity contribution is -0.134. The van der Waals surface area contributed by atoms with Crippen molar-refractivity contribution in [3.8, 4) is 0 Å². The van der Waals surface area contributed by atoms with Crippen molar-refractivity contribution in [2.45, 2.75) is 117 Å². The van der Waals surface area contributed by atoms with Gasteiger partial charge in [-0.25, -0.2) is 0 Å². The number of carbonyl (C=O) groups excluding carboxylic acids is 1. The van der Waals surface area contributed by atoms with Gasteiger partial charge in [-0.15, -0.1) is 0 Å². The summed E-state index contributed by atoms with van der Waals surface area (Å²) in [6.45, 7) is 6.87. The average molecular weight is 343 g/mol. The van der Waals surface area contributed by atoms with Crippen LogP contribution in [0.25, 0.3) is 0 Å². The topological polar surface area (TPSA) is 26.3 Å². The molecule has 0 bridgehead atoms. The van der Waals surface area contributed by atoms with Gasteiger partial charge in [-0.05, 0) is 37.5 Å². The molecule has 0 atom stereocenters. The zero-order valence-corrected chi connectivity index (χ0v) is 18.4. The first-order valence-electron chi connectivity index (χ1n) is 10.2. The Morgan fingerprint density at radius 3 is 1.48 bits per heavy atom. The fourth-order valence-corrected chi connectivity index (χ4v) is 3.91. The molecule has 0 rings (SSSR count). The van der Waals surface area contributed by atoms with Gasteiger partial charge in [0.25, 0.3) is 5.97 Å². The van der Waals surface area contributed by atoms with Crippen molar-refractivity contribution >= 4 is 16.5 Å². The van der Waals surface area contributed by atoms with Gasteiger partial charge in [-0.3, -0.25) is 4.79 Å². The molecule has 2 nitrogen and oxygen atoms in total. The summed E-state index contributed by atoms with van der Waals surface area (Å²) in [6, 6.07) is 0. The first-order valence-corrected chi connectivity index (χ1v) is 11.0. The zero-order chi connectivity index (χ0) is 17.4. The normalized spacial score (nSPS) is 11.8. The van der Waals surface area contributed by atoms with E-state index in [1.54, 1.807) is 0 Å². The van der Waals surface area contributed by atoms with Gasteiger partial charge in [0.1, 0.15) is 0 Å². The monoisotopic (exact) mass is 342 g/mol. The Morgan fingerprint density at radius 2 is 1.13 bits per heavy atom. The fourth-order valence-electron chi connectivity index (χ4n) is 3.71. The van der Waals surface area contributed by atoms with Crippen LogP contribution in [0.5, 0.6) is 0 Å². The van der Waals surface area contributed by atoms with Crippen LogP contribution in [0.2, 0.25) is 0 Å². The van der Waals surface area contributed by atoms with Crippen molar-refractivity contribution in [3.05, 3.63) is 0 Å². The number of hydrogen-bond acceptors (Lipinski definition) is 2. The predicted octanol–water partition coefficient (Wildman–Crippen LogP) is 5.71. The highest BCUT2D eigenvalue weighted by Gasteiger charge is 2.28. The van der Waals surface area contributed by atoms with Crippen LogP contribution in [0.15, 0.2) is 0 Å². The Hall–Kier alpha value is -0.313. The lowest BCUT2D eigenvalue weighted by Gasteiger charge is -2.35. The summed E-state index contributed by atoms with van der Waals surface area (Å²) in [5, 5.41) is 0. The summed E-state index contributed by atoms with van der Waals surface area (Å²) in [5.74, 6) is 0.0150. The van der Waals surface area contributed by atoms with Gasteiger partial charge >= 0.3 is 0 Å². The number of hydrogen-bond donors (Lipinski definition) is 0. The highest BCUT2D eigenvalue weighted by molar-refractivity contribution is 6.05. The fraction of sp³-hybridized carbons (Fsp3) is 0.950. The van der Waals surface area contributed by atoms with Gasteiger partial charge in [-0.1, -0.05) is 78.6 Å². The van der Waals surface area contributed by atoms with Crippen LogP contribution in [0.1, 0.15) is 117 Å². The maximum atomic E-state index is 11.5. The van der Waals surface area contributed by atoms with Gasteiger partial charge in [0.2, 0.25) is 10.5 Å². The molecule has 0 heterocycles. The second-order valence-corrected chi connectivity index (χ2v) is 7.71. The van der Waals surface area contributed by atoms with Crippen LogP contribution < -0.4 is 0 Å². The van der Waals surface area contributed by atoms with Crippen molar-refractivity contribution in [1.29, 1.82) is 0 Å². The largest absolute Gasteiger partial charge is 0.529 e. The van der Waals surface area contributed by atoms with Crippen LogP contribution >= 0.6 is 0 Å². The van der Waals surface area contributed by atoms with E-state index < -0.39 is 0 Å². The number of carbonyl (C=O) groups is 1. The third kappa shape index (κ3) is 11.8. The molecule has 0 aliphatic rings. The minimum absolute atomic E-state index is 0.0150. The van der Waals surface area contributed by atoms with E-state index in [-0.39, 0.29) is 5.97 Å². The van der Waals surface area contributed by atoms with Crippen LogP contribution in [0, 0.1) is 5.41 Å². The van der Waals surface area contributed by atoms with Crippen molar-refractivity contribution < 1.29 is 9.22 Å². The molecule has 0 aliphatic heterocycles. The van der Waals surface area contributed by atoms with E-state index in [4.69, 9.17) is 4.43 Å². The molecule has 0 N–H and O–H groups in total. The summed E-state index contributed by atoms with van der Waals surface area (Å²) in [5.41, 5.74) is 0.491. The maximum absolute atomic E-state index is 11.5. The molecule has 0 radical (unpaired) electrons. The molecule has 23 heavy (non-hydrogen) atoms. The highest BCUT2D eigenvalue weighted by Crippen LogP contribution is 2.41. The lowest BCUT2D eigenvalue weighted by Crippen LogP contribution is -2.22. The Bertz CT molecular complexity index is 252. The van der Waals surface area contributed by atoms with E-state index in [9.17, 15) is 4.79 Å². The summed E-state index contributed by atoms with van der Waals surface area (Å²) < 4.78 is 4.96. The van der Waals surface area contributed by atoms with E-state index in [1.807, 2.05) is 0 Å². The predicted molar refractivity (Wildman–Crippen MR) is 105 cm³/mol. The molecule has 138 valence electrons. The molecule has 0 fully saturated rings. The number of unbranched alkanes of at least 4 members (excludes halogenated alkanes) is 6. The first kappa shape index (κ1) is 22.7. The van der Waals surface area contributed by atoms with E-state index in [1.165, 1.54) is 83.5 Å². The minimum Gasteiger partial charge on any atom is -0.529 e. The minimum atomic E-state index is 0.0150. The summed E-state index contributed by atoms with van der Waals surface area (Å²) in [7, 11) is 0.536. The molecule has 0 saturated heterocycles. The van der Waals surface area contributed by atoms with Crippen molar-refractivity contribution in [2.75, 3.05) is 0 Å². The van der Waals surface area contributed by atoms with E-state index >= 15 is 0 Å². The quantitative estimate of drug-likeness (QED) is 0.265. The van der Waals surface area contributed by atoms with E-state index in [0.717, 1.165) is 6.42 Å². The molecule has 0 amide bonds. The number of rotatable bonds is 16. The SMILES string of the molecule is CCCCCC(CCCCC)(CCCCC)CCCC(=O)O[SiH3]. The molecule has 3 heteroatoms. The summed E-state index contributed by atoms with van der Waals surface area (Å²) in [6.07, 6.45) is 19.0. The van der Waals surface area contributed by atoms with Gasteiger partial charge in [0.05, 0.1) is 0 Å². The second kappa shape index (κ2) is 15.2. The Balaban J connectivity index is 4.67. The maximum Gasteiger partial charge on any atom is 0.291 e. The molecule has 0 aliphatic carbocycles. The highest BCUT2D eigenvalue weighted by atomic mass is 28.2. The molecule has 0 aromatic rings. The van der Waals surface area contributed by atoms with Crippen LogP contribution in [0.4, 0.5) is 0 Å². The van der Waals surface area contributed by atoms with Gasteiger partial charge in [0.15, 0.2) is 0 Å². The molecule has 0 saturated carbocycles. The second-order valence-electron chi connectivity index (χ2n) is 7.30. The molecular weight excluding hydrogens is 300 g/mol. The summed E-state index contributed by atoms with van der Waals surface area (Å²) in [4.78, 5) is 11.5. The Labute approximate surface area is 148 Å². The van der Waals surface area contributed by atoms with Crippen molar-refractivity contribution in [2.24, 2.45) is 5.41 Å². The zero-order valence-electron chi connectivity index (χ0n) is 16.4. The van der Waals surface area contributed by atoms with Gasteiger partial charge < -0.3 is 4.43 Å². The summed E-state index contributed by atoms with van der Waals surface area (Å²) >= 11 is 0. The van der Waals surface area contributed by atoms with Gasteiger partial charge in [-0.2, -0.15) is 0 Å². The van der Waals surface area contributed by atoms with Gasteiger partial charge in [0, 0.05) is 6.42 Å². The van der Waals surface area contributed by atoms with E-state index in [0.29, 0.717) is 22.3 Å². The molecule has 0 spiro atoms. The Morgan fingerprint density at radius 1 is 0.739 bits per heavy atom. The van der Waals surface area contributed by atoms with Crippen LogP contribution in [0.3, 0.4) is 0 Å². The van der Waals surface area contributed by atoms with Crippen molar-refractivity contribution in [1.82, 2.24) is 0 Å². The van der Waals surface area contributed by atoms with Crippen LogP contribution in [-0.4, -0.2) is 16.5 Å². The first-order chi connectivity index (χ1) is 11.1. The lowest BCUT2D eigenvalue weighted by atomic mass is 9.71. The standard InChI is InChI=1S/C20H42O2Si/c1-4-7-10-15-20(16-11-8-5-2,17-12-9-6-3)18-13-14-19(21)22-23/h4-18H2,1-3,23H3. The van der Waals surface area contributed by atoms with Crippen molar-refractivity contribution in [3.63, 3.8) is 0 Å². The molecular formula is C20H42O2Si. The van der Waals surface area contributed by atoms with Crippen LogP contribution in [-0.2, 0) is 9.22 Å². The third-order valence-electron chi connectivity index (χ3n) is 5.25. The molecule has 0 unspecified atom stereocenters. The average Bonchev–Trinajstić information content (AvgIpc) is 2.55.